The normalized spacial score (nSPS) is 10.9. The molecule has 0 aliphatic rings. The molecule has 1 amide bonds. The standard InChI is InChI=1S/C22H19N3O2S/c26-21(23-14-11-16-7-2-1-3-8-16)20-18(15-28-22-24-12-6-13-25-22)17-9-4-5-10-19(17)27-20/h1-10,12-13H,11,14-15H2,(H,23,26). The van der Waals surface area contributed by atoms with E-state index in [9.17, 15) is 4.79 Å². The van der Waals surface area contributed by atoms with Gasteiger partial charge in [0.2, 0.25) is 0 Å². The fourth-order valence-corrected chi connectivity index (χ4v) is 3.80. The molecule has 0 atom stereocenters. The number of carbonyl (C=O) groups excluding carboxylic acids is 1. The van der Waals surface area contributed by atoms with E-state index in [2.05, 4.69) is 27.4 Å². The van der Waals surface area contributed by atoms with Crippen LogP contribution in [0.3, 0.4) is 0 Å². The molecule has 0 aliphatic heterocycles. The average Bonchev–Trinajstić information content (AvgIpc) is 3.12. The van der Waals surface area contributed by atoms with Crippen molar-refractivity contribution in [2.24, 2.45) is 0 Å². The van der Waals surface area contributed by atoms with Crippen LogP contribution in [0, 0.1) is 0 Å². The monoisotopic (exact) mass is 389 g/mol. The van der Waals surface area contributed by atoms with Crippen molar-refractivity contribution in [2.75, 3.05) is 6.54 Å². The fourth-order valence-electron chi connectivity index (χ4n) is 2.97. The number of fused-ring (bicyclic) bond motifs is 1. The second kappa shape index (κ2) is 8.71. The van der Waals surface area contributed by atoms with E-state index in [1.165, 1.54) is 17.3 Å². The highest BCUT2D eigenvalue weighted by Crippen LogP contribution is 2.30. The molecule has 0 spiro atoms. The van der Waals surface area contributed by atoms with Gasteiger partial charge < -0.3 is 9.73 Å². The van der Waals surface area contributed by atoms with E-state index in [0.29, 0.717) is 28.8 Å². The van der Waals surface area contributed by atoms with Gasteiger partial charge in [0.05, 0.1) is 0 Å². The molecule has 0 aliphatic carbocycles. The van der Waals surface area contributed by atoms with Crippen molar-refractivity contribution >= 4 is 28.6 Å². The van der Waals surface area contributed by atoms with Crippen LogP contribution in [0.1, 0.15) is 21.7 Å². The summed E-state index contributed by atoms with van der Waals surface area (Å²) in [5.41, 5.74) is 2.76. The van der Waals surface area contributed by atoms with Gasteiger partial charge in [-0.05, 0) is 24.1 Å². The van der Waals surface area contributed by atoms with E-state index in [-0.39, 0.29) is 5.91 Å². The van der Waals surface area contributed by atoms with Crippen molar-refractivity contribution < 1.29 is 9.21 Å². The number of hydrogen-bond donors (Lipinski definition) is 1. The van der Waals surface area contributed by atoms with Gasteiger partial charge in [-0.25, -0.2) is 9.97 Å². The van der Waals surface area contributed by atoms with E-state index in [4.69, 9.17) is 4.42 Å². The van der Waals surface area contributed by atoms with Crippen LogP contribution in [0.2, 0.25) is 0 Å². The van der Waals surface area contributed by atoms with Gasteiger partial charge >= 0.3 is 0 Å². The molecule has 0 fully saturated rings. The van der Waals surface area contributed by atoms with Crippen LogP contribution in [-0.4, -0.2) is 22.4 Å². The maximum absolute atomic E-state index is 12.8. The third-order valence-electron chi connectivity index (χ3n) is 4.33. The summed E-state index contributed by atoms with van der Waals surface area (Å²) < 4.78 is 5.89. The molecule has 4 rings (SSSR count). The quantitative estimate of drug-likeness (QED) is 0.373. The van der Waals surface area contributed by atoms with Crippen molar-refractivity contribution in [3.05, 3.63) is 89.9 Å². The van der Waals surface area contributed by atoms with Crippen molar-refractivity contribution in [3.63, 3.8) is 0 Å². The molecular weight excluding hydrogens is 370 g/mol. The molecule has 0 unspecified atom stereocenters. The van der Waals surface area contributed by atoms with E-state index in [1.807, 2.05) is 42.5 Å². The third kappa shape index (κ3) is 4.23. The van der Waals surface area contributed by atoms with Gasteiger partial charge in [-0.1, -0.05) is 60.3 Å². The van der Waals surface area contributed by atoms with Gasteiger partial charge in [-0.15, -0.1) is 0 Å². The molecule has 0 radical (unpaired) electrons. The van der Waals surface area contributed by atoms with Gasteiger partial charge in [-0.2, -0.15) is 0 Å². The lowest BCUT2D eigenvalue weighted by atomic mass is 10.1. The lowest BCUT2D eigenvalue weighted by molar-refractivity contribution is 0.0927. The number of para-hydroxylation sites is 1. The predicted molar refractivity (Wildman–Crippen MR) is 110 cm³/mol. The number of carbonyl (C=O) groups is 1. The van der Waals surface area contributed by atoms with Gasteiger partial charge in [0, 0.05) is 35.6 Å². The summed E-state index contributed by atoms with van der Waals surface area (Å²) >= 11 is 1.48. The van der Waals surface area contributed by atoms with Crippen molar-refractivity contribution in [2.45, 2.75) is 17.3 Å². The van der Waals surface area contributed by atoms with Crippen molar-refractivity contribution in [1.29, 1.82) is 0 Å². The van der Waals surface area contributed by atoms with Crippen LogP contribution in [0.25, 0.3) is 11.0 Å². The summed E-state index contributed by atoms with van der Waals surface area (Å²) in [5, 5.41) is 4.59. The molecule has 0 saturated heterocycles. The minimum absolute atomic E-state index is 0.197. The van der Waals surface area contributed by atoms with Gasteiger partial charge in [0.1, 0.15) is 5.58 Å². The maximum Gasteiger partial charge on any atom is 0.287 e. The Labute approximate surface area is 167 Å². The molecule has 140 valence electrons. The molecule has 28 heavy (non-hydrogen) atoms. The second-order valence-electron chi connectivity index (χ2n) is 6.22. The number of aromatic nitrogens is 2. The molecular formula is C22H19N3O2S. The minimum Gasteiger partial charge on any atom is -0.451 e. The fraction of sp³-hybridized carbons (Fsp3) is 0.136. The van der Waals surface area contributed by atoms with E-state index in [0.717, 1.165) is 17.4 Å². The van der Waals surface area contributed by atoms with Crippen LogP contribution in [0.4, 0.5) is 0 Å². The first kappa shape index (κ1) is 18.3. The van der Waals surface area contributed by atoms with Crippen molar-refractivity contribution in [1.82, 2.24) is 15.3 Å². The zero-order valence-electron chi connectivity index (χ0n) is 15.2. The first-order chi connectivity index (χ1) is 13.8. The zero-order valence-corrected chi connectivity index (χ0v) is 16.0. The molecule has 6 heteroatoms. The molecule has 0 saturated carbocycles. The highest BCUT2D eigenvalue weighted by Gasteiger charge is 2.20. The van der Waals surface area contributed by atoms with E-state index >= 15 is 0 Å². The van der Waals surface area contributed by atoms with E-state index in [1.54, 1.807) is 18.5 Å². The van der Waals surface area contributed by atoms with Crippen LogP contribution in [-0.2, 0) is 12.2 Å². The van der Waals surface area contributed by atoms with E-state index < -0.39 is 0 Å². The number of nitrogens with one attached hydrogen (secondary N) is 1. The maximum atomic E-state index is 12.8. The Morgan fingerprint density at radius 1 is 0.964 bits per heavy atom. The lowest BCUT2D eigenvalue weighted by Crippen LogP contribution is -2.26. The molecule has 2 aromatic carbocycles. The van der Waals surface area contributed by atoms with Crippen LogP contribution < -0.4 is 5.32 Å². The summed E-state index contributed by atoms with van der Waals surface area (Å²) in [4.78, 5) is 21.3. The number of nitrogens with zero attached hydrogens (tertiary/aromatic N) is 2. The number of furan rings is 1. The molecule has 0 bridgehead atoms. The summed E-state index contributed by atoms with van der Waals surface area (Å²) in [6.07, 6.45) is 4.19. The summed E-state index contributed by atoms with van der Waals surface area (Å²) in [6.45, 7) is 0.550. The molecule has 1 N–H and O–H groups in total. The number of hydrogen-bond acceptors (Lipinski definition) is 5. The topological polar surface area (TPSA) is 68.0 Å². The second-order valence-corrected chi connectivity index (χ2v) is 7.16. The smallest absolute Gasteiger partial charge is 0.287 e. The zero-order chi connectivity index (χ0) is 19.2. The van der Waals surface area contributed by atoms with Gasteiger partial charge in [-0.3, -0.25) is 4.79 Å². The van der Waals surface area contributed by atoms with Gasteiger partial charge in [0.15, 0.2) is 10.9 Å². The number of rotatable bonds is 7. The Morgan fingerprint density at radius 2 is 1.71 bits per heavy atom. The van der Waals surface area contributed by atoms with Crippen LogP contribution in [0.15, 0.2) is 82.6 Å². The lowest BCUT2D eigenvalue weighted by Gasteiger charge is -2.06. The number of amides is 1. The van der Waals surface area contributed by atoms with Gasteiger partial charge in [0.25, 0.3) is 5.91 Å². The third-order valence-corrected chi connectivity index (χ3v) is 5.24. The Balaban J connectivity index is 1.51. The first-order valence-corrected chi connectivity index (χ1v) is 10.0. The first-order valence-electron chi connectivity index (χ1n) is 9.03. The molecule has 2 aromatic heterocycles. The highest BCUT2D eigenvalue weighted by molar-refractivity contribution is 7.98. The SMILES string of the molecule is O=C(NCCc1ccccc1)c1oc2ccccc2c1CSc1ncccn1. The Morgan fingerprint density at radius 3 is 2.54 bits per heavy atom. The molecule has 5 nitrogen and oxygen atoms in total. The number of benzene rings is 2. The Bertz CT molecular complexity index is 1070. The van der Waals surface area contributed by atoms with Crippen LogP contribution >= 0.6 is 11.8 Å². The minimum atomic E-state index is -0.197. The highest BCUT2D eigenvalue weighted by atomic mass is 32.2. The Hall–Kier alpha value is -3.12. The van der Waals surface area contributed by atoms with Crippen molar-refractivity contribution in [3.8, 4) is 0 Å². The predicted octanol–water partition coefficient (Wildman–Crippen LogP) is 4.49. The average molecular weight is 389 g/mol. The molecule has 2 heterocycles. The summed E-state index contributed by atoms with van der Waals surface area (Å²) in [5.74, 6) is 0.719. The van der Waals surface area contributed by atoms with Crippen LogP contribution in [0.5, 0.6) is 0 Å². The largest absolute Gasteiger partial charge is 0.451 e. The Kier molecular flexibility index (Phi) is 5.68. The number of thioether (sulfide) groups is 1. The summed E-state index contributed by atoms with van der Waals surface area (Å²) in [7, 11) is 0. The summed E-state index contributed by atoms with van der Waals surface area (Å²) in [6, 6.07) is 19.6. The molecule has 4 aromatic rings.